The smallest absolute Gasteiger partial charge is 0.326 e. The largest absolute Gasteiger partial charge is 0.451 e. The fourth-order valence-electron chi connectivity index (χ4n) is 1.86. The van der Waals surface area contributed by atoms with Gasteiger partial charge < -0.3 is 5.73 Å². The molecule has 0 bridgehead atoms. The number of hydrogen-bond donors (Lipinski definition) is 1. The van der Waals surface area contributed by atoms with Crippen molar-refractivity contribution in [3.63, 3.8) is 0 Å². The standard InChI is InChI=1S/C13H10F6N4/c14-12(15,16)2-8-4-21-10(1-7(8)3-20)9-5-22-11(23-6-9)13(17,18)19/h1,4-6H,2-3,20H2. The molecule has 0 unspecified atom stereocenters. The summed E-state index contributed by atoms with van der Waals surface area (Å²) in [7, 11) is 0. The molecule has 4 nitrogen and oxygen atoms in total. The molecule has 0 aliphatic rings. The number of alkyl halides is 6. The summed E-state index contributed by atoms with van der Waals surface area (Å²) in [5.74, 6) is -1.31. The maximum Gasteiger partial charge on any atom is 0.451 e. The monoisotopic (exact) mass is 336 g/mol. The second-order valence-electron chi connectivity index (χ2n) is 4.63. The molecular formula is C13H10F6N4. The van der Waals surface area contributed by atoms with E-state index in [1.165, 1.54) is 6.07 Å². The average Bonchev–Trinajstić information content (AvgIpc) is 2.45. The van der Waals surface area contributed by atoms with E-state index in [2.05, 4.69) is 15.0 Å². The van der Waals surface area contributed by atoms with Crippen molar-refractivity contribution < 1.29 is 26.3 Å². The minimum atomic E-state index is -4.68. The van der Waals surface area contributed by atoms with Crippen molar-refractivity contribution in [1.82, 2.24) is 15.0 Å². The van der Waals surface area contributed by atoms with Crippen molar-refractivity contribution in [2.75, 3.05) is 0 Å². The number of nitrogens with two attached hydrogens (primary N) is 1. The summed E-state index contributed by atoms with van der Waals surface area (Å²) in [5.41, 5.74) is 5.83. The summed E-state index contributed by atoms with van der Waals surface area (Å²) in [6.07, 6.45) is -7.46. The van der Waals surface area contributed by atoms with Crippen molar-refractivity contribution in [3.8, 4) is 11.3 Å². The molecule has 124 valence electrons. The van der Waals surface area contributed by atoms with Crippen LogP contribution in [0.25, 0.3) is 11.3 Å². The fraction of sp³-hybridized carbons (Fsp3) is 0.308. The summed E-state index contributed by atoms with van der Waals surface area (Å²) < 4.78 is 74.5. The van der Waals surface area contributed by atoms with Crippen molar-refractivity contribution in [1.29, 1.82) is 0 Å². The zero-order valence-corrected chi connectivity index (χ0v) is 11.4. The van der Waals surface area contributed by atoms with Crippen molar-refractivity contribution >= 4 is 0 Å². The highest BCUT2D eigenvalue weighted by Crippen LogP contribution is 2.28. The van der Waals surface area contributed by atoms with E-state index in [0.717, 1.165) is 18.6 Å². The Morgan fingerprint density at radius 2 is 1.48 bits per heavy atom. The van der Waals surface area contributed by atoms with Gasteiger partial charge in [0.15, 0.2) is 0 Å². The predicted molar refractivity (Wildman–Crippen MR) is 67.9 cm³/mol. The van der Waals surface area contributed by atoms with Crippen LogP contribution < -0.4 is 5.73 Å². The Morgan fingerprint density at radius 3 is 1.96 bits per heavy atom. The molecule has 0 aliphatic carbocycles. The van der Waals surface area contributed by atoms with Gasteiger partial charge >= 0.3 is 12.4 Å². The van der Waals surface area contributed by atoms with Gasteiger partial charge in [-0.25, -0.2) is 9.97 Å². The Labute approximate surface area is 126 Å². The minimum absolute atomic E-state index is 0.0865. The van der Waals surface area contributed by atoms with Crippen LogP contribution in [0.4, 0.5) is 26.3 Å². The Bertz CT molecular complexity index is 678. The van der Waals surface area contributed by atoms with Gasteiger partial charge in [-0.15, -0.1) is 0 Å². The number of rotatable bonds is 3. The van der Waals surface area contributed by atoms with Gasteiger partial charge in [-0.2, -0.15) is 26.3 Å². The lowest BCUT2D eigenvalue weighted by molar-refractivity contribution is -0.145. The number of aromatic nitrogens is 3. The van der Waals surface area contributed by atoms with Crippen LogP contribution in [-0.2, 0) is 19.1 Å². The van der Waals surface area contributed by atoms with E-state index in [4.69, 9.17) is 5.73 Å². The molecule has 2 heterocycles. The Hall–Kier alpha value is -2.23. The molecule has 0 atom stereocenters. The molecule has 0 fully saturated rings. The van der Waals surface area contributed by atoms with Gasteiger partial charge in [0, 0.05) is 30.7 Å². The molecular weight excluding hydrogens is 326 g/mol. The van der Waals surface area contributed by atoms with Crippen LogP contribution in [0.3, 0.4) is 0 Å². The van der Waals surface area contributed by atoms with Gasteiger partial charge in [0.1, 0.15) is 0 Å². The summed E-state index contributed by atoms with van der Waals surface area (Å²) in [6, 6.07) is 1.28. The maximum absolute atomic E-state index is 12.4. The van der Waals surface area contributed by atoms with E-state index in [-0.39, 0.29) is 28.9 Å². The van der Waals surface area contributed by atoms with Gasteiger partial charge in [0.25, 0.3) is 0 Å². The number of nitrogens with zero attached hydrogens (tertiary/aromatic N) is 3. The SMILES string of the molecule is NCc1cc(-c2cnc(C(F)(F)F)nc2)ncc1CC(F)(F)F. The lowest BCUT2D eigenvalue weighted by Gasteiger charge is -2.12. The lowest BCUT2D eigenvalue weighted by Crippen LogP contribution is -2.15. The van der Waals surface area contributed by atoms with E-state index >= 15 is 0 Å². The number of halogens is 6. The zero-order valence-electron chi connectivity index (χ0n) is 11.4. The predicted octanol–water partition coefficient (Wildman–Crippen LogP) is 3.12. The zero-order chi connectivity index (χ0) is 17.3. The molecule has 10 heteroatoms. The molecule has 0 aliphatic heterocycles. The molecule has 0 amide bonds. The summed E-state index contributed by atoms with van der Waals surface area (Å²) in [5, 5.41) is 0. The van der Waals surface area contributed by atoms with E-state index < -0.39 is 24.6 Å². The molecule has 0 radical (unpaired) electrons. The third-order valence-electron chi connectivity index (χ3n) is 2.89. The second kappa shape index (κ2) is 6.11. The Balaban J connectivity index is 2.34. The Morgan fingerprint density at radius 1 is 0.870 bits per heavy atom. The first-order chi connectivity index (χ1) is 10.6. The summed E-state index contributed by atoms with van der Waals surface area (Å²) >= 11 is 0. The van der Waals surface area contributed by atoms with Crippen LogP contribution >= 0.6 is 0 Å². The summed E-state index contributed by atoms with van der Waals surface area (Å²) in [4.78, 5) is 10.2. The van der Waals surface area contributed by atoms with Crippen molar-refractivity contribution in [2.45, 2.75) is 25.3 Å². The third-order valence-corrected chi connectivity index (χ3v) is 2.89. The molecule has 0 saturated carbocycles. The topological polar surface area (TPSA) is 64.7 Å². The Kier molecular flexibility index (Phi) is 4.55. The van der Waals surface area contributed by atoms with Gasteiger partial charge in [-0.05, 0) is 17.2 Å². The van der Waals surface area contributed by atoms with Crippen LogP contribution in [0, 0.1) is 0 Å². The number of pyridine rings is 1. The third kappa shape index (κ3) is 4.38. The molecule has 0 saturated heterocycles. The van der Waals surface area contributed by atoms with Crippen LogP contribution in [0.15, 0.2) is 24.7 Å². The first-order valence-corrected chi connectivity index (χ1v) is 6.24. The molecule has 0 spiro atoms. The van der Waals surface area contributed by atoms with E-state index in [1.54, 1.807) is 0 Å². The summed E-state index contributed by atoms with van der Waals surface area (Å²) in [6.45, 7) is -0.164. The average molecular weight is 336 g/mol. The second-order valence-corrected chi connectivity index (χ2v) is 4.63. The first kappa shape index (κ1) is 17.1. The molecule has 2 rings (SSSR count). The van der Waals surface area contributed by atoms with E-state index in [0.29, 0.717) is 0 Å². The van der Waals surface area contributed by atoms with Crippen molar-refractivity contribution in [3.05, 3.63) is 41.6 Å². The maximum atomic E-state index is 12.4. The first-order valence-electron chi connectivity index (χ1n) is 6.24. The van der Waals surface area contributed by atoms with Crippen LogP contribution in [-0.4, -0.2) is 21.1 Å². The van der Waals surface area contributed by atoms with Gasteiger partial charge in [-0.3, -0.25) is 4.98 Å². The highest BCUT2D eigenvalue weighted by Gasteiger charge is 2.34. The van der Waals surface area contributed by atoms with Gasteiger partial charge in [0.05, 0.1) is 12.1 Å². The van der Waals surface area contributed by atoms with E-state index in [9.17, 15) is 26.3 Å². The molecule has 2 aromatic rings. The number of hydrogen-bond acceptors (Lipinski definition) is 4. The fourth-order valence-corrected chi connectivity index (χ4v) is 1.86. The van der Waals surface area contributed by atoms with Crippen LogP contribution in [0.5, 0.6) is 0 Å². The lowest BCUT2D eigenvalue weighted by atomic mass is 10.0. The quantitative estimate of drug-likeness (QED) is 0.875. The normalized spacial score (nSPS) is 12.5. The minimum Gasteiger partial charge on any atom is -0.326 e. The molecule has 23 heavy (non-hydrogen) atoms. The van der Waals surface area contributed by atoms with Gasteiger partial charge in [0.2, 0.25) is 5.82 Å². The molecule has 2 N–H and O–H groups in total. The van der Waals surface area contributed by atoms with Gasteiger partial charge in [-0.1, -0.05) is 0 Å². The molecule has 0 aromatic carbocycles. The van der Waals surface area contributed by atoms with E-state index in [1.807, 2.05) is 0 Å². The van der Waals surface area contributed by atoms with Crippen molar-refractivity contribution in [2.24, 2.45) is 5.73 Å². The molecule has 2 aromatic heterocycles. The highest BCUT2D eigenvalue weighted by atomic mass is 19.4. The van der Waals surface area contributed by atoms with Crippen LogP contribution in [0.1, 0.15) is 17.0 Å². The van der Waals surface area contributed by atoms with Crippen LogP contribution in [0.2, 0.25) is 0 Å². The highest BCUT2D eigenvalue weighted by molar-refractivity contribution is 5.58.